The highest BCUT2D eigenvalue weighted by Crippen LogP contribution is 2.38. The van der Waals surface area contributed by atoms with Gasteiger partial charge in [0.05, 0.1) is 12.1 Å². The van der Waals surface area contributed by atoms with E-state index in [0.29, 0.717) is 5.92 Å². The summed E-state index contributed by atoms with van der Waals surface area (Å²) in [6, 6.07) is 2.26. The minimum atomic E-state index is 0.0382. The minimum absolute atomic E-state index is 0.0382. The second-order valence-corrected chi connectivity index (χ2v) is 5.43. The molecule has 1 aliphatic rings. The molecule has 2 heterocycles. The highest BCUT2D eigenvalue weighted by Gasteiger charge is 2.40. The van der Waals surface area contributed by atoms with Crippen LogP contribution < -0.4 is 5.32 Å². The quantitative estimate of drug-likeness (QED) is 0.853. The molecule has 1 aliphatic heterocycles. The molecule has 1 N–H and O–H groups in total. The van der Waals surface area contributed by atoms with E-state index in [9.17, 15) is 0 Å². The Morgan fingerprint density at radius 1 is 1.60 bits per heavy atom. The lowest BCUT2D eigenvalue weighted by atomic mass is 9.81. The van der Waals surface area contributed by atoms with Gasteiger partial charge in [0, 0.05) is 18.5 Å². The maximum Gasteiger partial charge on any atom is 0.0791 e. The number of fused-ring (bicyclic) bond motifs is 1. The highest BCUT2D eigenvalue weighted by atomic mass is 32.1. The number of hydrogen-bond donors (Lipinski definition) is 1. The summed E-state index contributed by atoms with van der Waals surface area (Å²) in [5, 5.41) is 5.86. The number of thiophene rings is 1. The lowest BCUT2D eigenvalue weighted by Gasteiger charge is -2.41. The molecule has 0 aromatic carbocycles. The molecule has 1 aromatic heterocycles. The summed E-state index contributed by atoms with van der Waals surface area (Å²) in [6.07, 6.45) is 1.15. The van der Waals surface area contributed by atoms with Crippen LogP contribution in [-0.4, -0.2) is 20.3 Å². The first-order chi connectivity index (χ1) is 7.20. The Balaban J connectivity index is 2.42. The Hall–Kier alpha value is -0.380. The van der Waals surface area contributed by atoms with Crippen LogP contribution >= 0.6 is 11.3 Å². The standard InChI is InChI=1S/C12H19NOS/c1-9(2)12(8-14-3)11-10(4-6-13-12)5-7-15-11/h5,7,9,13H,4,6,8H2,1-3H3. The molecule has 0 fully saturated rings. The molecule has 0 bridgehead atoms. The number of methoxy groups -OCH3 is 1. The lowest BCUT2D eigenvalue weighted by molar-refractivity contribution is 0.0745. The Labute approximate surface area is 95.6 Å². The normalized spacial score (nSPS) is 25.6. The molecule has 15 heavy (non-hydrogen) atoms. The van der Waals surface area contributed by atoms with Crippen molar-refractivity contribution < 1.29 is 4.74 Å². The smallest absolute Gasteiger partial charge is 0.0791 e. The summed E-state index contributed by atoms with van der Waals surface area (Å²) in [7, 11) is 1.79. The summed E-state index contributed by atoms with van der Waals surface area (Å²) >= 11 is 1.86. The second kappa shape index (κ2) is 4.24. The van der Waals surface area contributed by atoms with Gasteiger partial charge >= 0.3 is 0 Å². The van der Waals surface area contributed by atoms with E-state index in [-0.39, 0.29) is 5.54 Å². The third-order valence-electron chi connectivity index (χ3n) is 3.34. The minimum Gasteiger partial charge on any atom is -0.382 e. The molecule has 0 radical (unpaired) electrons. The van der Waals surface area contributed by atoms with E-state index in [1.54, 1.807) is 7.11 Å². The maximum atomic E-state index is 5.42. The van der Waals surface area contributed by atoms with Crippen LogP contribution in [0, 0.1) is 5.92 Å². The van der Waals surface area contributed by atoms with Crippen molar-refractivity contribution in [3.8, 4) is 0 Å². The zero-order chi connectivity index (χ0) is 10.9. The van der Waals surface area contributed by atoms with Crippen LogP contribution in [0.5, 0.6) is 0 Å². The molecular weight excluding hydrogens is 206 g/mol. The fourth-order valence-electron chi connectivity index (χ4n) is 2.40. The fraction of sp³-hybridized carbons (Fsp3) is 0.667. The predicted octanol–water partition coefficient (Wildman–Crippen LogP) is 2.39. The van der Waals surface area contributed by atoms with Crippen molar-refractivity contribution in [3.63, 3.8) is 0 Å². The van der Waals surface area contributed by atoms with Crippen molar-refractivity contribution in [3.05, 3.63) is 21.9 Å². The van der Waals surface area contributed by atoms with Gasteiger partial charge < -0.3 is 10.1 Å². The van der Waals surface area contributed by atoms with E-state index in [2.05, 4.69) is 30.6 Å². The van der Waals surface area contributed by atoms with E-state index in [1.165, 1.54) is 10.4 Å². The molecule has 3 heteroatoms. The molecule has 84 valence electrons. The van der Waals surface area contributed by atoms with Gasteiger partial charge in [0.1, 0.15) is 0 Å². The Bertz CT molecular complexity index is 334. The molecule has 1 unspecified atom stereocenters. The molecule has 0 saturated carbocycles. The van der Waals surface area contributed by atoms with E-state index >= 15 is 0 Å². The number of rotatable bonds is 3. The van der Waals surface area contributed by atoms with E-state index in [4.69, 9.17) is 4.74 Å². The van der Waals surface area contributed by atoms with Crippen LogP contribution in [0.1, 0.15) is 24.3 Å². The fourth-order valence-corrected chi connectivity index (χ4v) is 3.67. The maximum absolute atomic E-state index is 5.42. The Kier molecular flexibility index (Phi) is 3.14. The summed E-state index contributed by atoms with van der Waals surface area (Å²) < 4.78 is 5.42. The van der Waals surface area contributed by atoms with E-state index in [1.807, 2.05) is 11.3 Å². The van der Waals surface area contributed by atoms with Gasteiger partial charge in [-0.1, -0.05) is 13.8 Å². The van der Waals surface area contributed by atoms with E-state index in [0.717, 1.165) is 19.6 Å². The van der Waals surface area contributed by atoms with Gasteiger partial charge in [0.15, 0.2) is 0 Å². The molecular formula is C12H19NOS. The SMILES string of the molecule is COCC1(C(C)C)NCCc2ccsc21. The molecule has 0 amide bonds. The van der Waals surface area contributed by atoms with Gasteiger partial charge in [-0.25, -0.2) is 0 Å². The molecule has 2 rings (SSSR count). The molecule has 2 nitrogen and oxygen atoms in total. The Morgan fingerprint density at radius 2 is 2.40 bits per heavy atom. The summed E-state index contributed by atoms with van der Waals surface area (Å²) in [4.78, 5) is 1.48. The van der Waals surface area contributed by atoms with Crippen LogP contribution in [0.2, 0.25) is 0 Å². The van der Waals surface area contributed by atoms with Crippen LogP contribution in [0.25, 0.3) is 0 Å². The average molecular weight is 225 g/mol. The monoisotopic (exact) mass is 225 g/mol. The van der Waals surface area contributed by atoms with Crippen molar-refractivity contribution in [1.82, 2.24) is 5.32 Å². The molecule has 1 aromatic rings. The van der Waals surface area contributed by atoms with Gasteiger partial charge in [-0.2, -0.15) is 0 Å². The lowest BCUT2D eigenvalue weighted by Crippen LogP contribution is -2.53. The van der Waals surface area contributed by atoms with Crippen molar-refractivity contribution in [2.45, 2.75) is 25.8 Å². The average Bonchev–Trinajstić information content (AvgIpc) is 2.66. The van der Waals surface area contributed by atoms with Gasteiger partial charge in [0.2, 0.25) is 0 Å². The van der Waals surface area contributed by atoms with Crippen molar-refractivity contribution >= 4 is 11.3 Å². The summed E-state index contributed by atoms with van der Waals surface area (Å²) in [6.45, 7) is 6.35. The first kappa shape index (κ1) is 11.1. The van der Waals surface area contributed by atoms with Crippen LogP contribution in [0.4, 0.5) is 0 Å². The van der Waals surface area contributed by atoms with E-state index < -0.39 is 0 Å². The van der Waals surface area contributed by atoms with Gasteiger partial charge in [0.25, 0.3) is 0 Å². The third-order valence-corrected chi connectivity index (χ3v) is 4.48. The largest absolute Gasteiger partial charge is 0.382 e. The van der Waals surface area contributed by atoms with Crippen molar-refractivity contribution in [2.75, 3.05) is 20.3 Å². The van der Waals surface area contributed by atoms with Gasteiger partial charge in [-0.05, 0) is 29.3 Å². The summed E-state index contributed by atoms with van der Waals surface area (Å²) in [5.74, 6) is 0.551. The number of nitrogens with one attached hydrogen (secondary N) is 1. The second-order valence-electron chi connectivity index (χ2n) is 4.51. The number of ether oxygens (including phenoxy) is 1. The van der Waals surface area contributed by atoms with Crippen molar-refractivity contribution in [2.24, 2.45) is 5.92 Å². The zero-order valence-electron chi connectivity index (χ0n) is 9.67. The molecule has 0 saturated heterocycles. The predicted molar refractivity (Wildman–Crippen MR) is 64.4 cm³/mol. The zero-order valence-corrected chi connectivity index (χ0v) is 10.5. The Morgan fingerprint density at radius 3 is 3.07 bits per heavy atom. The third kappa shape index (κ3) is 1.73. The van der Waals surface area contributed by atoms with Crippen LogP contribution in [0.15, 0.2) is 11.4 Å². The first-order valence-electron chi connectivity index (χ1n) is 5.51. The topological polar surface area (TPSA) is 21.3 Å². The molecule has 1 atom stereocenters. The first-order valence-corrected chi connectivity index (χ1v) is 6.39. The molecule has 0 spiro atoms. The van der Waals surface area contributed by atoms with Gasteiger partial charge in [-0.3, -0.25) is 0 Å². The van der Waals surface area contributed by atoms with Gasteiger partial charge in [-0.15, -0.1) is 11.3 Å². The van der Waals surface area contributed by atoms with Crippen LogP contribution in [0.3, 0.4) is 0 Å². The number of hydrogen-bond acceptors (Lipinski definition) is 3. The van der Waals surface area contributed by atoms with Crippen molar-refractivity contribution in [1.29, 1.82) is 0 Å². The van der Waals surface area contributed by atoms with Crippen LogP contribution in [-0.2, 0) is 16.7 Å². The molecule has 0 aliphatic carbocycles. The highest BCUT2D eigenvalue weighted by molar-refractivity contribution is 7.10. The summed E-state index contributed by atoms with van der Waals surface area (Å²) in [5.41, 5.74) is 1.54.